The molecular weight excluding hydrogens is 390 g/mol. The van der Waals surface area contributed by atoms with Crippen LogP contribution in [0.4, 0.5) is 11.4 Å². The maximum Gasteiger partial charge on any atom is 0.227 e. The van der Waals surface area contributed by atoms with E-state index in [2.05, 4.69) is 21.9 Å². The number of nitrogens with zero attached hydrogens (tertiary/aromatic N) is 1. The number of amides is 1. The van der Waals surface area contributed by atoms with Crippen molar-refractivity contribution in [2.45, 2.75) is 63.9 Å². The lowest BCUT2D eigenvalue weighted by Crippen LogP contribution is -2.42. The van der Waals surface area contributed by atoms with Gasteiger partial charge in [0, 0.05) is 36.4 Å². The number of anilines is 2. The molecule has 29 heavy (non-hydrogen) atoms. The molecule has 1 heterocycles. The molecule has 1 aromatic carbocycles. The van der Waals surface area contributed by atoms with Crippen LogP contribution in [0.25, 0.3) is 0 Å². The molecule has 0 bridgehead atoms. The quantitative estimate of drug-likeness (QED) is 0.735. The van der Waals surface area contributed by atoms with Gasteiger partial charge >= 0.3 is 0 Å². The minimum Gasteiger partial charge on any atom is -0.375 e. The third-order valence-corrected chi connectivity index (χ3v) is 7.69. The van der Waals surface area contributed by atoms with Gasteiger partial charge in [0.2, 0.25) is 15.9 Å². The molecule has 1 aromatic rings. The van der Waals surface area contributed by atoms with E-state index >= 15 is 0 Å². The number of ether oxygens (including phenoxy) is 1. The van der Waals surface area contributed by atoms with Gasteiger partial charge in [-0.05, 0) is 70.7 Å². The Morgan fingerprint density at radius 1 is 1.14 bits per heavy atom. The lowest BCUT2D eigenvalue weighted by molar-refractivity contribution is -0.120. The molecule has 3 rings (SSSR count). The highest BCUT2D eigenvalue weighted by molar-refractivity contribution is 7.90. The van der Waals surface area contributed by atoms with Gasteiger partial charge in [-0.1, -0.05) is 0 Å². The molecule has 2 aliphatic rings. The van der Waals surface area contributed by atoms with Crippen LogP contribution in [-0.2, 0) is 19.6 Å². The number of morpholine rings is 1. The number of carbonyl (C=O) groups excluding carboxylic acids is 1. The van der Waals surface area contributed by atoms with Crippen LogP contribution in [-0.4, -0.2) is 51.4 Å². The number of hydrogen-bond donors (Lipinski definition) is 2. The molecule has 1 atom stereocenters. The van der Waals surface area contributed by atoms with Gasteiger partial charge in [0.1, 0.15) is 0 Å². The molecule has 0 spiro atoms. The number of benzene rings is 1. The van der Waals surface area contributed by atoms with E-state index in [1.807, 2.05) is 24.3 Å². The van der Waals surface area contributed by atoms with Crippen molar-refractivity contribution in [2.75, 3.05) is 29.9 Å². The Bertz CT molecular complexity index is 787. The van der Waals surface area contributed by atoms with E-state index in [-0.39, 0.29) is 24.0 Å². The molecule has 1 amide bonds. The molecular formula is C21H33N3O4S. The SMILES string of the molecule is CC(C)S(=O)(=O)NC1CCC(C(=O)Nc2ccc(N3CCO[C@H](C)C3)cc2)CC1. The maximum absolute atomic E-state index is 12.6. The molecule has 1 aliphatic carbocycles. The summed E-state index contributed by atoms with van der Waals surface area (Å²) in [6, 6.07) is 7.88. The third kappa shape index (κ3) is 5.93. The van der Waals surface area contributed by atoms with E-state index in [4.69, 9.17) is 4.74 Å². The van der Waals surface area contributed by atoms with Crippen molar-refractivity contribution in [3.63, 3.8) is 0 Å². The van der Waals surface area contributed by atoms with E-state index in [0.29, 0.717) is 25.7 Å². The summed E-state index contributed by atoms with van der Waals surface area (Å²) in [4.78, 5) is 14.9. The second-order valence-electron chi connectivity index (χ2n) is 8.42. The van der Waals surface area contributed by atoms with Crippen LogP contribution in [0, 0.1) is 5.92 Å². The molecule has 2 N–H and O–H groups in total. The number of rotatable bonds is 6. The lowest BCUT2D eigenvalue weighted by atomic mass is 9.86. The summed E-state index contributed by atoms with van der Waals surface area (Å²) in [7, 11) is -3.26. The summed E-state index contributed by atoms with van der Waals surface area (Å²) >= 11 is 0. The zero-order chi connectivity index (χ0) is 21.0. The smallest absolute Gasteiger partial charge is 0.227 e. The summed E-state index contributed by atoms with van der Waals surface area (Å²) in [5.74, 6) is -0.0579. The van der Waals surface area contributed by atoms with E-state index in [1.54, 1.807) is 13.8 Å². The molecule has 0 radical (unpaired) electrons. The molecule has 0 aromatic heterocycles. The van der Waals surface area contributed by atoms with Gasteiger partial charge in [0.05, 0.1) is 18.0 Å². The topological polar surface area (TPSA) is 87.7 Å². The Hall–Kier alpha value is -1.64. The normalized spacial score (nSPS) is 25.8. The number of carbonyl (C=O) groups is 1. The molecule has 8 heteroatoms. The molecule has 7 nitrogen and oxygen atoms in total. The molecule has 1 saturated carbocycles. The Balaban J connectivity index is 1.48. The summed E-state index contributed by atoms with van der Waals surface area (Å²) in [5.41, 5.74) is 1.93. The monoisotopic (exact) mass is 423 g/mol. The first-order chi connectivity index (χ1) is 13.7. The van der Waals surface area contributed by atoms with Gasteiger partial charge in [0.15, 0.2) is 0 Å². The Labute approximate surface area is 174 Å². The zero-order valence-corrected chi connectivity index (χ0v) is 18.4. The van der Waals surface area contributed by atoms with Crippen molar-refractivity contribution in [2.24, 2.45) is 5.92 Å². The largest absolute Gasteiger partial charge is 0.375 e. The van der Waals surface area contributed by atoms with Crippen LogP contribution in [0.1, 0.15) is 46.5 Å². The molecule has 1 saturated heterocycles. The molecule has 1 aliphatic heterocycles. The maximum atomic E-state index is 12.6. The van der Waals surface area contributed by atoms with Crippen molar-refractivity contribution in [3.05, 3.63) is 24.3 Å². The fourth-order valence-corrected chi connectivity index (χ4v) is 4.87. The van der Waals surface area contributed by atoms with Crippen molar-refractivity contribution in [1.29, 1.82) is 0 Å². The van der Waals surface area contributed by atoms with E-state index in [1.165, 1.54) is 0 Å². The second-order valence-corrected chi connectivity index (χ2v) is 10.7. The summed E-state index contributed by atoms with van der Waals surface area (Å²) in [6.07, 6.45) is 3.00. The molecule has 2 fully saturated rings. The van der Waals surface area contributed by atoms with E-state index in [9.17, 15) is 13.2 Å². The minimum absolute atomic E-state index is 0.0166. The van der Waals surface area contributed by atoms with Crippen LogP contribution in [0.5, 0.6) is 0 Å². The molecule has 0 unspecified atom stereocenters. The zero-order valence-electron chi connectivity index (χ0n) is 17.6. The van der Waals surface area contributed by atoms with Crippen LogP contribution in [0.3, 0.4) is 0 Å². The second kappa shape index (κ2) is 9.45. The minimum atomic E-state index is -3.26. The highest BCUT2D eigenvalue weighted by Crippen LogP contribution is 2.27. The number of hydrogen-bond acceptors (Lipinski definition) is 5. The highest BCUT2D eigenvalue weighted by Gasteiger charge is 2.29. The van der Waals surface area contributed by atoms with Crippen LogP contribution in [0.2, 0.25) is 0 Å². The number of nitrogens with one attached hydrogen (secondary N) is 2. The van der Waals surface area contributed by atoms with Gasteiger partial charge in [-0.15, -0.1) is 0 Å². The first-order valence-corrected chi connectivity index (χ1v) is 12.1. The third-order valence-electron chi connectivity index (χ3n) is 5.79. The van der Waals surface area contributed by atoms with Crippen LogP contribution in [0.15, 0.2) is 24.3 Å². The van der Waals surface area contributed by atoms with Crippen LogP contribution >= 0.6 is 0 Å². The van der Waals surface area contributed by atoms with Crippen molar-refractivity contribution in [1.82, 2.24) is 4.72 Å². The Morgan fingerprint density at radius 3 is 2.38 bits per heavy atom. The Morgan fingerprint density at radius 2 is 1.79 bits per heavy atom. The van der Waals surface area contributed by atoms with E-state index < -0.39 is 15.3 Å². The predicted molar refractivity (Wildman–Crippen MR) is 116 cm³/mol. The summed E-state index contributed by atoms with van der Waals surface area (Å²) in [6.45, 7) is 7.90. The standard InChI is InChI=1S/C21H33N3O4S/c1-15(2)29(26,27)23-19-6-4-17(5-7-19)21(25)22-18-8-10-20(11-9-18)24-12-13-28-16(3)14-24/h8-11,15-17,19,23H,4-7,12-14H2,1-3H3,(H,22,25)/t16-,17?,19?/m1/s1. The molecule has 162 valence electrons. The van der Waals surface area contributed by atoms with Crippen molar-refractivity contribution >= 4 is 27.3 Å². The van der Waals surface area contributed by atoms with Crippen molar-refractivity contribution in [3.8, 4) is 0 Å². The fraction of sp³-hybridized carbons (Fsp3) is 0.667. The first kappa shape index (κ1) is 22.1. The lowest BCUT2D eigenvalue weighted by Gasteiger charge is -2.33. The summed E-state index contributed by atoms with van der Waals surface area (Å²) < 4.78 is 32.4. The summed E-state index contributed by atoms with van der Waals surface area (Å²) in [5, 5.41) is 2.57. The van der Waals surface area contributed by atoms with Gasteiger partial charge in [-0.2, -0.15) is 0 Å². The first-order valence-electron chi connectivity index (χ1n) is 10.5. The van der Waals surface area contributed by atoms with Crippen LogP contribution < -0.4 is 14.9 Å². The predicted octanol–water partition coefficient (Wildman–Crippen LogP) is 2.74. The van der Waals surface area contributed by atoms with Gasteiger partial charge in [-0.25, -0.2) is 13.1 Å². The van der Waals surface area contributed by atoms with Gasteiger partial charge in [0.25, 0.3) is 0 Å². The van der Waals surface area contributed by atoms with Gasteiger partial charge < -0.3 is 15.0 Å². The average Bonchev–Trinajstić information content (AvgIpc) is 2.68. The Kier molecular flexibility index (Phi) is 7.19. The van der Waals surface area contributed by atoms with E-state index in [0.717, 1.165) is 31.1 Å². The van der Waals surface area contributed by atoms with Crippen molar-refractivity contribution < 1.29 is 17.9 Å². The fourth-order valence-electron chi connectivity index (χ4n) is 3.89. The number of sulfonamides is 1. The average molecular weight is 424 g/mol. The highest BCUT2D eigenvalue weighted by atomic mass is 32.2. The van der Waals surface area contributed by atoms with Gasteiger partial charge in [-0.3, -0.25) is 4.79 Å².